The molecule has 60 heavy (non-hydrogen) atoms. The lowest BCUT2D eigenvalue weighted by atomic mass is 9.79. The van der Waals surface area contributed by atoms with Crippen LogP contribution in [0, 0.1) is 0 Å². The highest BCUT2D eigenvalue weighted by molar-refractivity contribution is 6.29. The van der Waals surface area contributed by atoms with Crippen LogP contribution in [-0.4, -0.2) is 19.9 Å². The van der Waals surface area contributed by atoms with E-state index < -0.39 is 0 Å². The number of benzene rings is 4. The van der Waals surface area contributed by atoms with Crippen LogP contribution in [0.15, 0.2) is 103 Å². The second kappa shape index (κ2) is 12.6. The van der Waals surface area contributed by atoms with Crippen LogP contribution in [0.3, 0.4) is 0 Å². The van der Waals surface area contributed by atoms with Crippen molar-refractivity contribution >= 4 is 54.6 Å². The number of rotatable bonds is 4. The normalized spacial score (nSPS) is 13.3. The Morgan fingerprint density at radius 1 is 0.367 bits per heavy atom. The average Bonchev–Trinajstić information content (AvgIpc) is 3.96. The quantitative estimate of drug-likeness (QED) is 0.162. The zero-order valence-electron chi connectivity index (χ0n) is 36.5. The first-order valence-electron chi connectivity index (χ1n) is 20.7. The Bertz CT molecular complexity index is 2990. The fraction of sp³-hybridized carbons (Fsp3) is 0.308. The Morgan fingerprint density at radius 3 is 1.03 bits per heavy atom. The molecule has 0 N–H and O–H groups in total. The van der Waals surface area contributed by atoms with E-state index in [0.29, 0.717) is 23.2 Å². The van der Waals surface area contributed by atoms with Gasteiger partial charge in [-0.3, -0.25) is 0 Å². The fourth-order valence-electron chi connectivity index (χ4n) is 8.13. The molecule has 302 valence electrons. The first-order chi connectivity index (χ1) is 28.2. The van der Waals surface area contributed by atoms with Crippen molar-refractivity contribution in [1.82, 2.24) is 19.9 Å². The molecule has 10 aromatic rings. The van der Waals surface area contributed by atoms with Gasteiger partial charge in [-0.2, -0.15) is 0 Å². The van der Waals surface area contributed by atoms with Gasteiger partial charge < -0.3 is 17.7 Å². The van der Waals surface area contributed by atoms with Gasteiger partial charge in [0.15, 0.2) is 34.0 Å². The summed E-state index contributed by atoms with van der Waals surface area (Å²) < 4.78 is 24.8. The van der Waals surface area contributed by atoms with Gasteiger partial charge in [-0.05, 0) is 78.5 Å². The third kappa shape index (κ3) is 6.27. The van der Waals surface area contributed by atoms with Gasteiger partial charge in [-0.15, -0.1) is 0 Å². The molecular formula is C52H50N4O4. The van der Waals surface area contributed by atoms with Crippen LogP contribution in [0.2, 0.25) is 0 Å². The maximum Gasteiger partial charge on any atom is 0.173 e. The van der Waals surface area contributed by atoms with E-state index in [1.54, 1.807) is 0 Å². The van der Waals surface area contributed by atoms with Crippen LogP contribution in [0.5, 0.6) is 0 Å². The van der Waals surface area contributed by atoms with Crippen molar-refractivity contribution in [2.24, 2.45) is 0 Å². The highest BCUT2D eigenvalue weighted by Crippen LogP contribution is 2.47. The van der Waals surface area contributed by atoms with Crippen LogP contribution in [-0.2, 0) is 21.7 Å². The van der Waals surface area contributed by atoms with E-state index in [9.17, 15) is 0 Å². The SMILES string of the molecule is CC(C)(C)c1cc2cc(-c3ncc(-c4cc5oc(C(C)(C)C)cc5o4)cn3)c3cc(C(C)(C)C)cc4cc(-c5ncc(-c6cc7oc(C(C)(C)C)cc7o6)cn5)c(c1)c2c43. The number of hydrogen-bond acceptors (Lipinski definition) is 8. The molecule has 0 aliphatic carbocycles. The maximum atomic E-state index is 6.24. The highest BCUT2D eigenvalue weighted by Gasteiger charge is 2.27. The summed E-state index contributed by atoms with van der Waals surface area (Å²) in [7, 11) is 0. The number of fused-ring (bicyclic) bond motifs is 2. The Hall–Kier alpha value is -6.28. The zero-order valence-corrected chi connectivity index (χ0v) is 36.5. The topological polar surface area (TPSA) is 104 Å². The second-order valence-corrected chi connectivity index (χ2v) is 20.6. The van der Waals surface area contributed by atoms with Crippen molar-refractivity contribution < 1.29 is 17.7 Å². The monoisotopic (exact) mass is 794 g/mol. The molecule has 4 aromatic carbocycles. The summed E-state index contributed by atoms with van der Waals surface area (Å²) in [4.78, 5) is 20.0. The summed E-state index contributed by atoms with van der Waals surface area (Å²) in [5.74, 6) is 4.43. The number of aromatic nitrogens is 4. The van der Waals surface area contributed by atoms with Crippen molar-refractivity contribution in [2.75, 3.05) is 0 Å². The van der Waals surface area contributed by atoms with Gasteiger partial charge in [-0.1, -0.05) is 95.2 Å². The number of furan rings is 4. The summed E-state index contributed by atoms with van der Waals surface area (Å²) in [5, 5.41) is 6.80. The Kier molecular flexibility index (Phi) is 7.98. The van der Waals surface area contributed by atoms with Crippen LogP contribution in [0.1, 0.15) is 106 Å². The second-order valence-electron chi connectivity index (χ2n) is 20.6. The molecule has 8 heteroatoms. The van der Waals surface area contributed by atoms with E-state index in [-0.39, 0.29) is 21.7 Å². The molecule has 0 radical (unpaired) electrons. The molecule has 6 aromatic heterocycles. The Morgan fingerprint density at radius 2 is 0.717 bits per heavy atom. The molecule has 0 bridgehead atoms. The van der Waals surface area contributed by atoms with Crippen LogP contribution >= 0.6 is 0 Å². The van der Waals surface area contributed by atoms with Crippen molar-refractivity contribution in [3.63, 3.8) is 0 Å². The Labute approximate surface area is 349 Å². The van der Waals surface area contributed by atoms with Gasteiger partial charge in [-0.25, -0.2) is 19.9 Å². The predicted molar refractivity (Wildman–Crippen MR) is 242 cm³/mol. The summed E-state index contributed by atoms with van der Waals surface area (Å²) in [5.41, 5.74) is 8.39. The van der Waals surface area contributed by atoms with Gasteiger partial charge in [0, 0.05) is 71.0 Å². The third-order valence-corrected chi connectivity index (χ3v) is 11.7. The van der Waals surface area contributed by atoms with E-state index in [1.807, 2.05) is 49.1 Å². The van der Waals surface area contributed by atoms with Crippen molar-refractivity contribution in [3.05, 3.63) is 108 Å². The van der Waals surface area contributed by atoms with E-state index in [1.165, 1.54) is 21.9 Å². The molecule has 0 aliphatic heterocycles. The van der Waals surface area contributed by atoms with Gasteiger partial charge in [0.25, 0.3) is 0 Å². The lowest BCUT2D eigenvalue weighted by Gasteiger charge is -2.25. The van der Waals surface area contributed by atoms with Gasteiger partial charge >= 0.3 is 0 Å². The summed E-state index contributed by atoms with van der Waals surface area (Å²) in [6.07, 6.45) is 7.39. The largest absolute Gasteiger partial charge is 0.457 e. The summed E-state index contributed by atoms with van der Waals surface area (Å²) in [6.45, 7) is 26.3. The molecule has 0 saturated carbocycles. The van der Waals surface area contributed by atoms with Crippen LogP contribution in [0.4, 0.5) is 0 Å². The molecule has 0 spiro atoms. The molecule has 0 aliphatic rings. The molecule has 8 nitrogen and oxygen atoms in total. The fourth-order valence-corrected chi connectivity index (χ4v) is 8.13. The molecule has 6 heterocycles. The molecule has 10 rings (SSSR count). The van der Waals surface area contributed by atoms with Gasteiger partial charge in [0.05, 0.1) is 11.1 Å². The van der Waals surface area contributed by atoms with Gasteiger partial charge in [0.2, 0.25) is 0 Å². The maximum absolute atomic E-state index is 6.24. The van der Waals surface area contributed by atoms with E-state index >= 15 is 0 Å². The lowest BCUT2D eigenvalue weighted by molar-refractivity contribution is 0.430. The molecule has 0 amide bonds. The molecule has 0 fully saturated rings. The standard InChI is InChI=1S/C52H50N4O4/c1-49(2,3)31-13-27-15-36(48-55-25-30(26-56-48)38-20-40-42(58-38)22-44(60-40)52(10,11)12)34-18-32(50(4,5)6)14-28-16-35(33(17-31)45(27)46(28)34)47-53-23-29(24-54-47)37-19-39-41(57-37)21-43(59-39)51(7,8)9/h13-26H,1-12H3. The minimum atomic E-state index is -0.122. The minimum absolute atomic E-state index is 0.111. The molecule has 0 atom stereocenters. The van der Waals surface area contributed by atoms with E-state index in [2.05, 4.69) is 119 Å². The lowest BCUT2D eigenvalue weighted by Crippen LogP contribution is -2.12. The molecule has 0 unspecified atom stereocenters. The number of nitrogens with zero attached hydrogens (tertiary/aromatic N) is 4. The predicted octanol–water partition coefficient (Wildman–Crippen LogP) is 14.7. The van der Waals surface area contributed by atoms with E-state index in [4.69, 9.17) is 37.6 Å². The Balaban J connectivity index is 1.12. The van der Waals surface area contributed by atoms with Crippen LogP contribution < -0.4 is 0 Å². The highest BCUT2D eigenvalue weighted by atomic mass is 16.4. The van der Waals surface area contributed by atoms with Crippen LogP contribution in [0.25, 0.3) is 100 Å². The smallest absolute Gasteiger partial charge is 0.173 e. The van der Waals surface area contributed by atoms with Crippen molar-refractivity contribution in [2.45, 2.75) is 105 Å². The minimum Gasteiger partial charge on any atom is -0.457 e. The third-order valence-electron chi connectivity index (χ3n) is 11.7. The van der Waals surface area contributed by atoms with Gasteiger partial charge in [0.1, 0.15) is 23.0 Å². The molecule has 0 saturated heterocycles. The zero-order chi connectivity index (χ0) is 42.3. The van der Waals surface area contributed by atoms with Crippen molar-refractivity contribution in [1.29, 1.82) is 0 Å². The average molecular weight is 795 g/mol. The summed E-state index contributed by atoms with van der Waals surface area (Å²) in [6, 6.07) is 21.6. The summed E-state index contributed by atoms with van der Waals surface area (Å²) >= 11 is 0. The van der Waals surface area contributed by atoms with E-state index in [0.717, 1.165) is 77.7 Å². The first-order valence-corrected chi connectivity index (χ1v) is 20.7. The number of hydrogen-bond donors (Lipinski definition) is 0. The molecular weight excluding hydrogens is 745 g/mol. The van der Waals surface area contributed by atoms with Crippen molar-refractivity contribution in [3.8, 4) is 45.4 Å². The first kappa shape index (κ1) is 38.0.